The van der Waals surface area contributed by atoms with Crippen LogP contribution >= 0.6 is 40.0 Å². The molecule has 6 N–H and O–H groups in total. The average molecular weight is 1170 g/mol. The summed E-state index contributed by atoms with van der Waals surface area (Å²) < 4.78 is 20.8. The second kappa shape index (κ2) is 28.5. The number of hydrogen-bond donors (Lipinski definition) is 5. The third-order valence-corrected chi connectivity index (χ3v) is 9.51. The second-order valence-corrected chi connectivity index (χ2v) is 31.0. The van der Waals surface area contributed by atoms with Crippen LogP contribution in [0.4, 0.5) is 9.59 Å². The number of rotatable bonds is 18. The summed E-state index contributed by atoms with van der Waals surface area (Å²) in [6, 6.07) is 15.9. The van der Waals surface area contributed by atoms with E-state index in [1.54, 1.807) is 48.5 Å². The van der Waals surface area contributed by atoms with Crippen molar-refractivity contribution >= 4 is 75.6 Å². The summed E-state index contributed by atoms with van der Waals surface area (Å²) in [7, 11) is 0.628. The van der Waals surface area contributed by atoms with Crippen LogP contribution in [0.3, 0.4) is 0 Å². The standard InChI is InChI=1S/C23H34N2O5.C14H19NO4.C10H19NO2.2HI.V/c1-15(2)12-17(19(26)23(6)14-29-23)24-20(27)18(13-16-10-8-7-9-11-16)25-21(28)30-22(3,4)5;1-14(2,3)19-13(18)15-11(12(16)17)9-10-7-5-4-6-8-10;1-7(2)4-8(5-11)9(12)10(3)6-13-10;;;/h7-11,15,17-18H,12-14H2,1-6H3,(H,24,27)(H,25,28);4-8,11H,9H2,1-3H3,(H,15,18)(H,16,17);7-8H,4-6,11H2,1-3H3;2*1H;/q;;;;;+2/p-2/t17-,18-,23+;11-;8-,10-;;;/m001.../s1. The molecule has 18 heteroatoms. The quantitative estimate of drug-likeness (QED) is 0.0708. The Bertz CT molecular complexity index is 1800. The van der Waals surface area contributed by atoms with Crippen molar-refractivity contribution in [3.8, 4) is 0 Å². The van der Waals surface area contributed by atoms with Crippen LogP contribution in [0.5, 0.6) is 0 Å². The molecule has 2 aliphatic heterocycles. The van der Waals surface area contributed by atoms with Gasteiger partial charge in [0.05, 0.1) is 19.3 Å². The molecule has 0 unspecified atom stereocenters. The zero-order valence-corrected chi connectivity index (χ0v) is 45.7. The fourth-order valence-corrected chi connectivity index (χ4v) is 6.16. The molecule has 2 aromatic rings. The molecular weight excluding hydrogens is 1100 g/mol. The average Bonchev–Trinajstić information content (AvgIpc) is 4.13. The van der Waals surface area contributed by atoms with Crippen LogP contribution in [0.25, 0.3) is 0 Å². The fraction of sp³-hybridized carbons (Fsp3) is 0.617. The van der Waals surface area contributed by atoms with Crippen LogP contribution in [-0.4, -0.2) is 101 Å². The van der Waals surface area contributed by atoms with Crippen LogP contribution in [0.1, 0.15) is 107 Å². The van der Waals surface area contributed by atoms with Crippen LogP contribution in [0.2, 0.25) is 0 Å². The van der Waals surface area contributed by atoms with Gasteiger partial charge in [0, 0.05) is 25.3 Å². The van der Waals surface area contributed by atoms with Crippen molar-refractivity contribution in [3.63, 3.8) is 0 Å². The minimum atomic E-state index is -1.09. The van der Waals surface area contributed by atoms with Gasteiger partial charge < -0.3 is 45.7 Å². The summed E-state index contributed by atoms with van der Waals surface area (Å²) in [5, 5.41) is 17.0. The molecule has 0 bridgehead atoms. The SMILES string of the molecule is CC(C)(C)OC(=O)N[C@@H](Cc1ccccc1)C(=O)O.CC(C)C[C@H](CN)C(=O)[C@@]1(C)CO1.CC(C)C[C@H](NC(=O)[C@H](Cc1ccccc1)NC(=O)OC(C)(C)C)C(=O)[C@@]1(C)CO1.[I][V][I]. The number of nitrogens with one attached hydrogen (secondary N) is 3. The van der Waals surface area contributed by atoms with Gasteiger partial charge in [0.15, 0.2) is 11.6 Å². The van der Waals surface area contributed by atoms with E-state index in [1.165, 1.54) is 0 Å². The van der Waals surface area contributed by atoms with Gasteiger partial charge in [-0.1, -0.05) is 88.4 Å². The normalized spacial score (nSPS) is 19.0. The Hall–Kier alpha value is -2.82. The Kier molecular flexibility index (Phi) is 26.4. The number of hydrogen-bond acceptors (Lipinski definition) is 11. The van der Waals surface area contributed by atoms with Crippen molar-refractivity contribution in [2.45, 2.75) is 149 Å². The number of carbonyl (C=O) groups is 6. The molecule has 365 valence electrons. The predicted molar refractivity (Wildman–Crippen MR) is 264 cm³/mol. The minimum absolute atomic E-state index is 0.0208. The molecule has 0 aromatic heterocycles. The monoisotopic (exact) mass is 1170 g/mol. The molecule has 2 saturated heterocycles. The number of ether oxygens (including phenoxy) is 4. The number of carbonyl (C=O) groups excluding carboxylic acids is 5. The Balaban J connectivity index is 0.000000514. The van der Waals surface area contributed by atoms with Crippen LogP contribution in [0.15, 0.2) is 60.7 Å². The van der Waals surface area contributed by atoms with Gasteiger partial charge in [-0.05, 0) is 91.2 Å². The number of epoxide rings is 2. The van der Waals surface area contributed by atoms with Crippen molar-refractivity contribution in [1.29, 1.82) is 0 Å². The second-order valence-electron chi connectivity index (χ2n) is 19.2. The first-order valence-corrected chi connectivity index (χ1v) is 30.7. The summed E-state index contributed by atoms with van der Waals surface area (Å²) in [5.74, 6) is -0.771. The molecule has 3 amide bonds. The summed E-state index contributed by atoms with van der Waals surface area (Å²) in [6.07, 6.45) is 0.457. The van der Waals surface area contributed by atoms with Gasteiger partial charge in [-0.25, -0.2) is 14.4 Å². The van der Waals surface area contributed by atoms with E-state index in [1.807, 2.05) is 81.4 Å². The number of benzene rings is 2. The van der Waals surface area contributed by atoms with Gasteiger partial charge in [0.1, 0.15) is 34.5 Å². The summed E-state index contributed by atoms with van der Waals surface area (Å²) in [5.41, 5.74) is 4.62. The van der Waals surface area contributed by atoms with Gasteiger partial charge in [-0.2, -0.15) is 0 Å². The van der Waals surface area contributed by atoms with E-state index in [4.69, 9.17) is 29.8 Å². The number of nitrogens with two attached hydrogens (primary N) is 1. The van der Waals surface area contributed by atoms with Crippen molar-refractivity contribution in [2.24, 2.45) is 23.5 Å². The van der Waals surface area contributed by atoms with Crippen LogP contribution < -0.4 is 21.7 Å². The maximum atomic E-state index is 13.1. The van der Waals surface area contributed by atoms with E-state index < -0.39 is 64.6 Å². The topological polar surface area (TPSA) is 228 Å². The predicted octanol–water partition coefficient (Wildman–Crippen LogP) is 7.95. The molecule has 6 atom stereocenters. The molecule has 2 heterocycles. The molecule has 15 nitrogen and oxygen atoms in total. The number of aliphatic carboxylic acids is 1. The summed E-state index contributed by atoms with van der Waals surface area (Å²) in [4.78, 5) is 72.8. The Morgan fingerprint density at radius 3 is 1.38 bits per heavy atom. The summed E-state index contributed by atoms with van der Waals surface area (Å²) in [6.45, 7) is 23.6. The van der Waals surface area contributed by atoms with Crippen LogP contribution in [-0.2, 0) is 60.4 Å². The number of Topliss-reactive ketones (excluding diaryl/α,β-unsaturated/α-hetero) is 2. The zero-order chi connectivity index (χ0) is 49.8. The van der Waals surface area contributed by atoms with E-state index in [0.29, 0.717) is 41.6 Å². The van der Waals surface area contributed by atoms with E-state index in [2.05, 4.69) is 69.8 Å². The third kappa shape index (κ3) is 25.8. The van der Waals surface area contributed by atoms with Crippen molar-refractivity contribution in [1.82, 2.24) is 16.0 Å². The first kappa shape index (κ1) is 60.2. The number of halogens is 2. The van der Waals surface area contributed by atoms with Gasteiger partial charge in [-0.3, -0.25) is 14.4 Å². The molecule has 4 rings (SSSR count). The van der Waals surface area contributed by atoms with Gasteiger partial charge in [-0.15, -0.1) is 0 Å². The molecule has 2 fully saturated rings. The first-order chi connectivity index (χ1) is 30.1. The van der Waals surface area contributed by atoms with Crippen molar-refractivity contribution < 1.29 is 62.3 Å². The van der Waals surface area contributed by atoms with Gasteiger partial charge in [0.2, 0.25) is 5.91 Å². The number of amides is 3. The Morgan fingerprint density at radius 2 is 1.05 bits per heavy atom. The molecule has 0 spiro atoms. The van der Waals surface area contributed by atoms with Crippen molar-refractivity contribution in [2.75, 3.05) is 19.8 Å². The molecular formula is C47H72I2N4O11V. The Morgan fingerprint density at radius 1 is 0.677 bits per heavy atom. The number of ketones is 2. The molecule has 0 radical (unpaired) electrons. The molecule has 0 aliphatic carbocycles. The third-order valence-electron chi connectivity index (χ3n) is 9.51. The maximum absolute atomic E-state index is 13.1. The first-order valence-electron chi connectivity index (χ1n) is 21.7. The van der Waals surface area contributed by atoms with E-state index in [9.17, 15) is 28.8 Å². The molecule has 2 aliphatic rings. The summed E-state index contributed by atoms with van der Waals surface area (Å²) >= 11 is 4.74. The van der Waals surface area contributed by atoms with Gasteiger partial charge >= 0.3 is 67.6 Å². The fourth-order valence-electron chi connectivity index (χ4n) is 6.16. The Labute approximate surface area is 415 Å². The van der Waals surface area contributed by atoms with E-state index in [-0.39, 0.29) is 36.2 Å². The molecule has 2 aromatic carbocycles. The molecule has 0 saturated carbocycles. The number of alkyl carbamates (subject to hydrolysis) is 2. The number of carboxylic acid groups (broad SMARTS) is 1. The zero-order valence-electron chi connectivity index (χ0n) is 40.0. The van der Waals surface area contributed by atoms with E-state index >= 15 is 0 Å². The number of carboxylic acids is 1. The van der Waals surface area contributed by atoms with Crippen molar-refractivity contribution in [3.05, 3.63) is 71.8 Å². The van der Waals surface area contributed by atoms with Crippen LogP contribution in [0, 0.1) is 17.8 Å². The van der Waals surface area contributed by atoms with E-state index in [0.717, 1.165) is 17.5 Å². The molecule has 65 heavy (non-hydrogen) atoms. The van der Waals surface area contributed by atoms with Gasteiger partial charge in [0.25, 0.3) is 0 Å².